The molecule has 1 atom stereocenters. The van der Waals surface area contributed by atoms with E-state index >= 15 is 0 Å². The lowest BCUT2D eigenvalue weighted by Crippen LogP contribution is -2.33. The van der Waals surface area contributed by atoms with Crippen LogP contribution in [0.2, 0.25) is 5.02 Å². The summed E-state index contributed by atoms with van der Waals surface area (Å²) in [6.45, 7) is 0. The fourth-order valence-electron chi connectivity index (χ4n) is 3.79. The van der Waals surface area contributed by atoms with E-state index in [1.165, 1.54) is 42.4 Å². The van der Waals surface area contributed by atoms with Gasteiger partial charge in [-0.25, -0.2) is 18.6 Å². The highest BCUT2D eigenvalue weighted by atomic mass is 35.5. The molecule has 32 heavy (non-hydrogen) atoms. The van der Waals surface area contributed by atoms with E-state index in [9.17, 15) is 18.4 Å². The zero-order valence-corrected chi connectivity index (χ0v) is 18.0. The van der Waals surface area contributed by atoms with Crippen LogP contribution < -0.4 is 10.1 Å². The zero-order valence-electron chi connectivity index (χ0n) is 17.2. The van der Waals surface area contributed by atoms with Crippen molar-refractivity contribution in [3.05, 3.63) is 76.1 Å². The number of fused-ring (bicyclic) bond motifs is 1. The number of amides is 2. The Bertz CT molecular complexity index is 1210. The minimum Gasteiger partial charge on any atom is -0.375 e. The topological polar surface area (TPSA) is 76.5 Å². The number of ether oxygens (including phenoxy) is 1. The maximum absolute atomic E-state index is 14.8. The lowest BCUT2D eigenvalue weighted by Gasteiger charge is -2.24. The number of carbonyl (C=O) groups excluding carboxylic acids is 2. The van der Waals surface area contributed by atoms with Crippen LogP contribution in [0, 0.1) is 11.6 Å². The third-order valence-corrected chi connectivity index (χ3v) is 5.73. The second-order valence-corrected chi connectivity index (χ2v) is 7.83. The van der Waals surface area contributed by atoms with Crippen molar-refractivity contribution in [2.45, 2.75) is 18.9 Å². The Balaban J connectivity index is 1.58. The molecule has 3 aromatic rings. The number of aromatic nitrogens is 2. The fraction of sp³-hybridized carbons (Fsp3) is 0.227. The first-order valence-electron chi connectivity index (χ1n) is 9.76. The SMILES string of the molecule is CN(C(=O)Oc1nccn1C)[C@H]1CCc2c(C(=O)Nc3ccc(F)c(Cl)c3)ccc(F)c21. The minimum absolute atomic E-state index is 0.117. The average molecular weight is 461 g/mol. The minimum atomic E-state index is -0.688. The number of halogens is 3. The number of nitrogens with zero attached hydrogens (tertiary/aromatic N) is 3. The van der Waals surface area contributed by atoms with E-state index in [1.54, 1.807) is 17.8 Å². The molecule has 0 saturated carbocycles. The van der Waals surface area contributed by atoms with Crippen LogP contribution in [-0.2, 0) is 13.5 Å². The third-order valence-electron chi connectivity index (χ3n) is 5.44. The molecule has 1 aliphatic rings. The predicted octanol–water partition coefficient (Wildman–Crippen LogP) is 4.72. The van der Waals surface area contributed by atoms with Gasteiger partial charge < -0.3 is 19.5 Å². The smallest absolute Gasteiger partial charge is 0.375 e. The molecule has 2 amide bonds. The van der Waals surface area contributed by atoms with Crippen LogP contribution in [0.4, 0.5) is 19.3 Å². The van der Waals surface area contributed by atoms with Crippen LogP contribution in [0.1, 0.15) is 33.9 Å². The van der Waals surface area contributed by atoms with E-state index in [0.717, 1.165) is 6.07 Å². The van der Waals surface area contributed by atoms with E-state index in [1.807, 2.05) is 0 Å². The zero-order chi connectivity index (χ0) is 23.0. The summed E-state index contributed by atoms with van der Waals surface area (Å²) in [5.74, 6) is -1.60. The summed E-state index contributed by atoms with van der Waals surface area (Å²) >= 11 is 5.77. The summed E-state index contributed by atoms with van der Waals surface area (Å²) in [4.78, 5) is 30.7. The summed E-state index contributed by atoms with van der Waals surface area (Å²) in [7, 11) is 3.19. The molecule has 0 aliphatic heterocycles. The quantitative estimate of drug-likeness (QED) is 0.611. The Kier molecular flexibility index (Phi) is 5.84. The Morgan fingerprint density at radius 3 is 2.69 bits per heavy atom. The van der Waals surface area contributed by atoms with Gasteiger partial charge in [0.05, 0.1) is 11.1 Å². The molecule has 166 valence electrons. The molecule has 0 bridgehead atoms. The number of aryl methyl sites for hydroxylation is 1. The van der Waals surface area contributed by atoms with Crippen LogP contribution in [0.15, 0.2) is 42.7 Å². The lowest BCUT2D eigenvalue weighted by atomic mass is 10.0. The number of benzene rings is 2. The average Bonchev–Trinajstić information content (AvgIpc) is 3.37. The summed E-state index contributed by atoms with van der Waals surface area (Å²) in [5.41, 5.74) is 1.37. The van der Waals surface area contributed by atoms with Gasteiger partial charge in [-0.15, -0.1) is 0 Å². The standard InChI is InChI=1S/C22H19ClF2N4O3/c1-28-10-9-26-21(28)32-22(31)29(2)18-8-5-13-14(4-7-17(25)19(13)18)20(30)27-12-3-6-16(24)15(23)11-12/h3-4,6-7,9-11,18H,5,8H2,1-2H3,(H,27,30)/t18-/m0/s1. The van der Waals surface area contributed by atoms with Crippen LogP contribution in [0.5, 0.6) is 6.01 Å². The van der Waals surface area contributed by atoms with Crippen molar-refractivity contribution < 1.29 is 23.1 Å². The lowest BCUT2D eigenvalue weighted by molar-refractivity contribution is 0.102. The largest absolute Gasteiger partial charge is 0.417 e. The van der Waals surface area contributed by atoms with Crippen molar-refractivity contribution in [1.29, 1.82) is 0 Å². The summed E-state index contributed by atoms with van der Waals surface area (Å²) in [6, 6.07) is 5.92. The van der Waals surface area contributed by atoms with Gasteiger partial charge in [0.2, 0.25) is 0 Å². The molecular formula is C22H19ClF2N4O3. The van der Waals surface area contributed by atoms with Gasteiger partial charge in [0.25, 0.3) is 5.91 Å². The maximum atomic E-state index is 14.8. The van der Waals surface area contributed by atoms with Gasteiger partial charge in [-0.2, -0.15) is 0 Å². The first-order valence-corrected chi connectivity index (χ1v) is 10.1. The second kappa shape index (κ2) is 8.58. The number of nitrogens with one attached hydrogen (secondary N) is 1. The van der Waals surface area contributed by atoms with E-state index in [2.05, 4.69) is 10.3 Å². The van der Waals surface area contributed by atoms with E-state index < -0.39 is 29.7 Å². The van der Waals surface area contributed by atoms with Crippen molar-refractivity contribution in [2.75, 3.05) is 12.4 Å². The Labute approximate surface area is 187 Å². The molecule has 0 fully saturated rings. The number of hydrogen-bond donors (Lipinski definition) is 1. The molecule has 10 heteroatoms. The van der Waals surface area contributed by atoms with Gasteiger partial charge in [0, 0.05) is 43.3 Å². The highest BCUT2D eigenvalue weighted by Crippen LogP contribution is 2.39. The molecule has 2 aromatic carbocycles. The van der Waals surface area contributed by atoms with Gasteiger partial charge in [-0.3, -0.25) is 4.79 Å². The normalized spacial score (nSPS) is 14.7. The van der Waals surface area contributed by atoms with Gasteiger partial charge in [-0.1, -0.05) is 11.6 Å². The maximum Gasteiger partial charge on any atom is 0.417 e. The molecule has 1 N–H and O–H groups in total. The summed E-state index contributed by atoms with van der Waals surface area (Å²) < 4.78 is 35.0. The van der Waals surface area contributed by atoms with E-state index in [0.29, 0.717) is 24.1 Å². The number of imidazole rings is 1. The molecule has 0 saturated heterocycles. The Hall–Kier alpha value is -3.46. The van der Waals surface area contributed by atoms with Crippen molar-refractivity contribution in [3.63, 3.8) is 0 Å². The molecular weight excluding hydrogens is 442 g/mol. The Morgan fingerprint density at radius 2 is 2.00 bits per heavy atom. The number of anilines is 1. The van der Waals surface area contributed by atoms with Crippen molar-refractivity contribution in [1.82, 2.24) is 14.5 Å². The van der Waals surface area contributed by atoms with Crippen LogP contribution in [-0.4, -0.2) is 33.5 Å². The van der Waals surface area contributed by atoms with Crippen LogP contribution in [0.25, 0.3) is 0 Å². The van der Waals surface area contributed by atoms with Gasteiger partial charge in [0.1, 0.15) is 11.6 Å². The van der Waals surface area contributed by atoms with Crippen molar-refractivity contribution in [3.8, 4) is 6.01 Å². The first-order chi connectivity index (χ1) is 15.3. The monoisotopic (exact) mass is 460 g/mol. The molecule has 0 spiro atoms. The van der Waals surface area contributed by atoms with Crippen molar-refractivity contribution in [2.24, 2.45) is 7.05 Å². The highest BCUT2D eigenvalue weighted by Gasteiger charge is 2.35. The highest BCUT2D eigenvalue weighted by molar-refractivity contribution is 6.31. The summed E-state index contributed by atoms with van der Waals surface area (Å²) in [6.07, 6.45) is 3.25. The molecule has 1 aromatic heterocycles. The van der Waals surface area contributed by atoms with Gasteiger partial charge in [0.15, 0.2) is 0 Å². The van der Waals surface area contributed by atoms with E-state index in [4.69, 9.17) is 16.3 Å². The van der Waals surface area contributed by atoms with Gasteiger partial charge in [-0.05, 0) is 48.7 Å². The molecule has 7 nitrogen and oxygen atoms in total. The molecule has 4 rings (SSSR count). The van der Waals surface area contributed by atoms with Gasteiger partial charge >= 0.3 is 12.1 Å². The number of hydrogen-bond acceptors (Lipinski definition) is 4. The Morgan fingerprint density at radius 1 is 1.25 bits per heavy atom. The molecule has 0 radical (unpaired) electrons. The molecule has 0 unspecified atom stereocenters. The third kappa shape index (κ3) is 4.03. The van der Waals surface area contributed by atoms with Crippen LogP contribution >= 0.6 is 11.6 Å². The predicted molar refractivity (Wildman–Crippen MR) is 114 cm³/mol. The van der Waals surface area contributed by atoms with Crippen molar-refractivity contribution >= 4 is 29.3 Å². The second-order valence-electron chi connectivity index (χ2n) is 7.42. The van der Waals surface area contributed by atoms with E-state index in [-0.39, 0.29) is 22.2 Å². The first kappa shape index (κ1) is 21.8. The number of carbonyl (C=O) groups is 2. The summed E-state index contributed by atoms with van der Waals surface area (Å²) in [5, 5.41) is 2.52. The molecule has 1 aliphatic carbocycles. The number of rotatable bonds is 4. The van der Waals surface area contributed by atoms with Crippen LogP contribution in [0.3, 0.4) is 0 Å². The molecule has 1 heterocycles. The fourth-order valence-corrected chi connectivity index (χ4v) is 3.97.